The molecule has 0 bridgehead atoms. The van der Waals surface area contributed by atoms with Crippen LogP contribution in [0.25, 0.3) is 16.6 Å². The molecule has 7 heteroatoms. The van der Waals surface area contributed by atoms with E-state index in [4.69, 9.17) is 14.2 Å². The van der Waals surface area contributed by atoms with Crippen molar-refractivity contribution in [3.05, 3.63) is 65.4 Å². The number of esters is 2. The van der Waals surface area contributed by atoms with Crippen molar-refractivity contribution in [1.29, 1.82) is 0 Å². The molecule has 1 aliphatic rings. The number of ether oxygens (including phenoxy) is 3. The van der Waals surface area contributed by atoms with E-state index in [1.807, 2.05) is 34.9 Å². The topological polar surface area (TPSA) is 66.8 Å². The maximum absolute atomic E-state index is 13.2. The predicted molar refractivity (Wildman–Crippen MR) is 150 cm³/mol. The van der Waals surface area contributed by atoms with E-state index < -0.39 is 14.0 Å². The molecule has 6 nitrogen and oxygen atoms in total. The third-order valence-electron chi connectivity index (χ3n) is 6.93. The van der Waals surface area contributed by atoms with Gasteiger partial charge in [0.1, 0.15) is 5.69 Å². The summed E-state index contributed by atoms with van der Waals surface area (Å²) in [6.45, 7) is 14.2. The highest BCUT2D eigenvalue weighted by Gasteiger charge is 2.30. The maximum atomic E-state index is 13.2. The summed E-state index contributed by atoms with van der Waals surface area (Å²) in [5, 5.41) is 0.937. The van der Waals surface area contributed by atoms with Crippen LogP contribution in [-0.2, 0) is 14.2 Å². The molecule has 0 N–H and O–H groups in total. The lowest BCUT2D eigenvalue weighted by molar-refractivity contribution is -0.0592. The van der Waals surface area contributed by atoms with E-state index >= 15 is 0 Å². The molecule has 1 aromatic heterocycles. The minimum absolute atomic E-state index is 0.158. The summed E-state index contributed by atoms with van der Waals surface area (Å²) in [5.41, 5.74) is 3.35. The van der Waals surface area contributed by atoms with Gasteiger partial charge in [0, 0.05) is 20.1 Å². The first-order valence-corrected chi connectivity index (χ1v) is 16.9. The van der Waals surface area contributed by atoms with Crippen molar-refractivity contribution in [3.63, 3.8) is 0 Å². The Morgan fingerprint density at radius 2 is 1.81 bits per heavy atom. The molecular weight excluding hydrogens is 482 g/mol. The molecule has 0 spiro atoms. The first kappa shape index (κ1) is 27.1. The standard InChI is InChI=1S/C30H39NO5Si/c1-7-34-29(33)27-19-23-18-21(22-14-15-36-30(2,3)20-22)12-13-25(23)31(27)26-11-9-8-10-24(26)28(32)35-16-17-37(4,5)6/h8-13,18-19,22H,7,14-17,20H2,1-6H3. The molecule has 0 amide bonds. The number of fused-ring (bicyclic) bond motifs is 1. The second kappa shape index (κ2) is 10.8. The van der Waals surface area contributed by atoms with E-state index in [9.17, 15) is 9.59 Å². The Balaban J connectivity index is 1.77. The summed E-state index contributed by atoms with van der Waals surface area (Å²) >= 11 is 0. The zero-order valence-electron chi connectivity index (χ0n) is 22.9. The van der Waals surface area contributed by atoms with Gasteiger partial charge in [-0.15, -0.1) is 0 Å². The van der Waals surface area contributed by atoms with Crippen LogP contribution in [0.1, 0.15) is 65.9 Å². The third kappa shape index (κ3) is 6.33. The van der Waals surface area contributed by atoms with Crippen LogP contribution >= 0.6 is 0 Å². The fourth-order valence-electron chi connectivity index (χ4n) is 4.99. The summed E-state index contributed by atoms with van der Waals surface area (Å²) in [7, 11) is -1.34. The van der Waals surface area contributed by atoms with Crippen molar-refractivity contribution in [1.82, 2.24) is 4.57 Å². The van der Waals surface area contributed by atoms with Crippen molar-refractivity contribution in [2.75, 3.05) is 19.8 Å². The summed E-state index contributed by atoms with van der Waals surface area (Å²) in [6, 6.07) is 16.4. The molecule has 1 saturated heterocycles. The summed E-state index contributed by atoms with van der Waals surface area (Å²) in [6.07, 6.45) is 1.91. The Bertz CT molecular complexity index is 1290. The number of benzene rings is 2. The summed E-state index contributed by atoms with van der Waals surface area (Å²) in [5.74, 6) is -0.419. The lowest BCUT2D eigenvalue weighted by Gasteiger charge is -2.35. The average Bonchev–Trinajstić information content (AvgIpc) is 3.21. The summed E-state index contributed by atoms with van der Waals surface area (Å²) < 4.78 is 18.8. The number of rotatable bonds is 8. The highest BCUT2D eigenvalue weighted by atomic mass is 28.3. The monoisotopic (exact) mass is 521 g/mol. The fraction of sp³-hybridized carbons (Fsp3) is 0.467. The van der Waals surface area contributed by atoms with Crippen molar-refractivity contribution >= 4 is 30.9 Å². The molecule has 1 unspecified atom stereocenters. The molecule has 37 heavy (non-hydrogen) atoms. The number of carbonyl (C=O) groups is 2. The van der Waals surface area contributed by atoms with Crippen LogP contribution < -0.4 is 0 Å². The zero-order chi connectivity index (χ0) is 26.8. The molecule has 1 atom stereocenters. The van der Waals surface area contributed by atoms with Crippen LogP contribution in [0.3, 0.4) is 0 Å². The molecule has 2 aromatic carbocycles. The quantitative estimate of drug-likeness (QED) is 0.236. The summed E-state index contributed by atoms with van der Waals surface area (Å²) in [4.78, 5) is 26.2. The van der Waals surface area contributed by atoms with E-state index in [1.165, 1.54) is 5.56 Å². The van der Waals surface area contributed by atoms with Gasteiger partial charge < -0.3 is 18.8 Å². The molecular formula is C30H39NO5Si. The molecule has 1 aliphatic heterocycles. The number of nitrogens with zero attached hydrogens (tertiary/aromatic N) is 1. The van der Waals surface area contributed by atoms with Crippen LogP contribution in [0.15, 0.2) is 48.5 Å². The first-order valence-electron chi connectivity index (χ1n) is 13.2. The first-order chi connectivity index (χ1) is 17.5. The predicted octanol–water partition coefficient (Wildman–Crippen LogP) is 6.97. The van der Waals surface area contributed by atoms with Gasteiger partial charge in [-0.2, -0.15) is 0 Å². The smallest absolute Gasteiger partial charge is 0.355 e. The van der Waals surface area contributed by atoms with Gasteiger partial charge in [0.05, 0.1) is 35.6 Å². The average molecular weight is 522 g/mol. The van der Waals surface area contributed by atoms with Crippen LogP contribution in [0.5, 0.6) is 0 Å². The molecule has 4 rings (SSSR count). The van der Waals surface area contributed by atoms with Gasteiger partial charge in [-0.25, -0.2) is 9.59 Å². The number of hydrogen-bond donors (Lipinski definition) is 0. The SMILES string of the molecule is CCOC(=O)c1cc2cc(C3CCOC(C)(C)C3)ccc2n1-c1ccccc1C(=O)OCC[Si](C)(C)C. The van der Waals surface area contributed by atoms with Crippen LogP contribution in [0, 0.1) is 0 Å². The van der Waals surface area contributed by atoms with Crippen molar-refractivity contribution in [2.45, 2.75) is 70.8 Å². The second-order valence-electron chi connectivity index (χ2n) is 11.7. The highest BCUT2D eigenvalue weighted by Crippen LogP contribution is 2.37. The molecule has 2 heterocycles. The molecule has 0 aliphatic carbocycles. The maximum Gasteiger partial charge on any atom is 0.355 e. The Hall–Kier alpha value is -2.90. The minimum Gasteiger partial charge on any atom is -0.462 e. The second-order valence-corrected chi connectivity index (χ2v) is 17.3. The van der Waals surface area contributed by atoms with Crippen molar-refractivity contribution in [2.24, 2.45) is 0 Å². The van der Waals surface area contributed by atoms with Gasteiger partial charge in [0.25, 0.3) is 0 Å². The lowest BCUT2D eigenvalue weighted by atomic mass is 9.83. The van der Waals surface area contributed by atoms with E-state index in [1.54, 1.807) is 13.0 Å². The Kier molecular flexibility index (Phi) is 7.95. The Morgan fingerprint density at radius 3 is 2.51 bits per heavy atom. The molecule has 3 aromatic rings. The van der Waals surface area contributed by atoms with Crippen LogP contribution in [0.4, 0.5) is 0 Å². The lowest BCUT2D eigenvalue weighted by Crippen LogP contribution is -2.32. The van der Waals surface area contributed by atoms with E-state index in [2.05, 4.69) is 45.6 Å². The third-order valence-corrected chi connectivity index (χ3v) is 8.63. The van der Waals surface area contributed by atoms with Crippen LogP contribution in [0.2, 0.25) is 25.7 Å². The molecule has 1 fully saturated rings. The van der Waals surface area contributed by atoms with Gasteiger partial charge in [-0.1, -0.05) is 37.8 Å². The highest BCUT2D eigenvalue weighted by molar-refractivity contribution is 6.76. The minimum atomic E-state index is -1.34. The Labute approximate surface area is 220 Å². The molecule has 0 radical (unpaired) electrons. The largest absolute Gasteiger partial charge is 0.462 e. The Morgan fingerprint density at radius 1 is 1.05 bits per heavy atom. The molecule has 0 saturated carbocycles. The normalized spacial score (nSPS) is 17.5. The van der Waals surface area contributed by atoms with Gasteiger partial charge in [0.15, 0.2) is 0 Å². The van der Waals surface area contributed by atoms with Crippen molar-refractivity contribution in [3.8, 4) is 5.69 Å². The number of carbonyl (C=O) groups excluding carboxylic acids is 2. The van der Waals surface area contributed by atoms with Crippen molar-refractivity contribution < 1.29 is 23.8 Å². The fourth-order valence-corrected chi connectivity index (χ4v) is 5.70. The molecule has 198 valence electrons. The number of hydrogen-bond acceptors (Lipinski definition) is 5. The van der Waals surface area contributed by atoms with E-state index in [-0.39, 0.29) is 18.2 Å². The van der Waals surface area contributed by atoms with Gasteiger partial charge in [0.2, 0.25) is 0 Å². The van der Waals surface area contributed by atoms with Crippen LogP contribution in [-0.4, -0.2) is 50.0 Å². The van der Waals surface area contributed by atoms with Gasteiger partial charge in [-0.3, -0.25) is 0 Å². The van der Waals surface area contributed by atoms with E-state index in [0.29, 0.717) is 29.5 Å². The number of aromatic nitrogens is 1. The van der Waals surface area contributed by atoms with Gasteiger partial charge in [-0.05, 0) is 81.5 Å². The van der Waals surface area contributed by atoms with Gasteiger partial charge >= 0.3 is 11.9 Å². The zero-order valence-corrected chi connectivity index (χ0v) is 23.9. The van der Waals surface area contributed by atoms with E-state index in [0.717, 1.165) is 36.4 Å². The number of para-hydroxylation sites is 1.